The van der Waals surface area contributed by atoms with Gasteiger partial charge in [-0.1, -0.05) is 12.1 Å². The first-order valence-corrected chi connectivity index (χ1v) is 7.80. The number of ether oxygens (including phenoxy) is 1. The van der Waals surface area contributed by atoms with Crippen molar-refractivity contribution in [2.45, 2.75) is 43.6 Å². The van der Waals surface area contributed by atoms with Gasteiger partial charge in [0.15, 0.2) is 0 Å². The molecule has 1 aromatic rings. The Hall–Kier alpha value is -1.55. The fraction of sp³-hybridized carbons (Fsp3) is 0.588. The number of methoxy groups -OCH3 is 1. The highest BCUT2D eigenvalue weighted by atomic mass is 16.5. The molecule has 3 rings (SSSR count). The van der Waals surface area contributed by atoms with E-state index in [4.69, 9.17) is 10.5 Å². The lowest BCUT2D eigenvalue weighted by Crippen LogP contribution is -2.50. The van der Waals surface area contributed by atoms with Crippen LogP contribution < -0.4 is 10.5 Å². The number of hydrogen-bond acceptors (Lipinski definition) is 3. The Morgan fingerprint density at radius 1 is 1.38 bits per heavy atom. The van der Waals surface area contributed by atoms with Gasteiger partial charge in [-0.25, -0.2) is 0 Å². The number of rotatable bonds is 4. The molecule has 21 heavy (non-hydrogen) atoms. The summed E-state index contributed by atoms with van der Waals surface area (Å²) >= 11 is 0. The highest BCUT2D eigenvalue weighted by Crippen LogP contribution is 2.34. The predicted molar refractivity (Wildman–Crippen MR) is 82.3 cm³/mol. The van der Waals surface area contributed by atoms with Crippen molar-refractivity contribution >= 4 is 5.91 Å². The van der Waals surface area contributed by atoms with Crippen LogP contribution in [-0.4, -0.2) is 36.5 Å². The summed E-state index contributed by atoms with van der Waals surface area (Å²) in [6.07, 6.45) is 4.71. The molecule has 4 heteroatoms. The highest BCUT2D eigenvalue weighted by molar-refractivity contribution is 5.78. The SMILES string of the molecule is COc1ccc([C@H]2CCN(C(=O)CC3(N)CCC3)C2)cc1. The van der Waals surface area contributed by atoms with E-state index in [1.54, 1.807) is 7.11 Å². The van der Waals surface area contributed by atoms with E-state index < -0.39 is 0 Å². The molecule has 1 amide bonds. The molecular formula is C17H24N2O2. The number of likely N-dealkylation sites (tertiary alicyclic amines) is 1. The number of nitrogens with zero attached hydrogens (tertiary/aromatic N) is 1. The van der Waals surface area contributed by atoms with E-state index in [-0.39, 0.29) is 11.4 Å². The van der Waals surface area contributed by atoms with Crippen LogP contribution in [0.15, 0.2) is 24.3 Å². The molecule has 0 bridgehead atoms. The molecule has 0 aromatic heterocycles. The summed E-state index contributed by atoms with van der Waals surface area (Å²) in [4.78, 5) is 14.3. The average Bonchev–Trinajstić information content (AvgIpc) is 2.95. The van der Waals surface area contributed by atoms with Crippen LogP contribution in [0.2, 0.25) is 0 Å². The van der Waals surface area contributed by atoms with Crippen molar-refractivity contribution in [2.75, 3.05) is 20.2 Å². The summed E-state index contributed by atoms with van der Waals surface area (Å²) in [6.45, 7) is 1.67. The van der Waals surface area contributed by atoms with Crippen molar-refractivity contribution in [1.29, 1.82) is 0 Å². The first-order chi connectivity index (χ1) is 10.1. The minimum Gasteiger partial charge on any atom is -0.497 e. The summed E-state index contributed by atoms with van der Waals surface area (Å²) in [6, 6.07) is 8.19. The Balaban J connectivity index is 1.58. The molecule has 1 aliphatic carbocycles. The van der Waals surface area contributed by atoms with E-state index >= 15 is 0 Å². The molecule has 2 fully saturated rings. The van der Waals surface area contributed by atoms with Crippen LogP contribution in [0.3, 0.4) is 0 Å². The van der Waals surface area contributed by atoms with E-state index in [2.05, 4.69) is 12.1 Å². The van der Waals surface area contributed by atoms with Crippen molar-refractivity contribution in [3.8, 4) is 5.75 Å². The molecular weight excluding hydrogens is 264 g/mol. The molecule has 1 atom stereocenters. The summed E-state index contributed by atoms with van der Waals surface area (Å²) in [5.41, 5.74) is 7.26. The highest BCUT2D eigenvalue weighted by Gasteiger charge is 2.37. The normalized spacial score (nSPS) is 23.7. The van der Waals surface area contributed by atoms with Gasteiger partial charge in [0, 0.05) is 31.0 Å². The molecule has 1 saturated heterocycles. The Labute approximate surface area is 126 Å². The fourth-order valence-corrected chi connectivity index (χ4v) is 3.36. The zero-order valence-corrected chi connectivity index (χ0v) is 12.7. The molecule has 1 heterocycles. The molecule has 4 nitrogen and oxygen atoms in total. The molecule has 0 unspecified atom stereocenters. The van der Waals surface area contributed by atoms with Gasteiger partial charge in [-0.15, -0.1) is 0 Å². The van der Waals surface area contributed by atoms with E-state index in [1.807, 2.05) is 17.0 Å². The number of carbonyl (C=O) groups is 1. The molecule has 1 aliphatic heterocycles. The van der Waals surface area contributed by atoms with Gasteiger partial charge in [0.05, 0.1) is 7.11 Å². The van der Waals surface area contributed by atoms with E-state index in [1.165, 1.54) is 5.56 Å². The van der Waals surface area contributed by atoms with Gasteiger partial charge >= 0.3 is 0 Å². The predicted octanol–water partition coefficient (Wildman–Crippen LogP) is 2.28. The van der Waals surface area contributed by atoms with E-state index in [9.17, 15) is 4.79 Å². The third-order valence-corrected chi connectivity index (χ3v) is 4.98. The molecule has 2 aliphatic rings. The Bertz CT molecular complexity index is 508. The standard InChI is InChI=1S/C17H24N2O2/c1-21-15-5-3-13(4-6-15)14-7-10-19(12-14)16(20)11-17(18)8-2-9-17/h3-6,14H,2,7-12,18H2,1H3/t14-/m0/s1. The Kier molecular flexibility index (Phi) is 3.89. The van der Waals surface area contributed by atoms with Crippen LogP contribution in [0.25, 0.3) is 0 Å². The van der Waals surface area contributed by atoms with Crippen LogP contribution in [0, 0.1) is 0 Å². The number of nitrogens with two attached hydrogens (primary N) is 1. The number of carbonyl (C=O) groups excluding carboxylic acids is 1. The maximum absolute atomic E-state index is 12.4. The van der Waals surface area contributed by atoms with Crippen molar-refractivity contribution in [1.82, 2.24) is 4.90 Å². The average molecular weight is 288 g/mol. The summed E-state index contributed by atoms with van der Waals surface area (Å²) in [5.74, 6) is 1.54. The van der Waals surface area contributed by atoms with Crippen LogP contribution in [0.1, 0.15) is 43.6 Å². The van der Waals surface area contributed by atoms with Crippen LogP contribution in [-0.2, 0) is 4.79 Å². The Morgan fingerprint density at radius 2 is 2.10 bits per heavy atom. The largest absolute Gasteiger partial charge is 0.497 e. The number of benzene rings is 1. The van der Waals surface area contributed by atoms with Crippen molar-refractivity contribution in [3.63, 3.8) is 0 Å². The monoisotopic (exact) mass is 288 g/mol. The third kappa shape index (κ3) is 3.05. The second-order valence-corrected chi connectivity index (χ2v) is 6.49. The van der Waals surface area contributed by atoms with Gasteiger partial charge in [0.1, 0.15) is 5.75 Å². The van der Waals surface area contributed by atoms with Gasteiger partial charge < -0.3 is 15.4 Å². The minimum atomic E-state index is -0.213. The smallest absolute Gasteiger partial charge is 0.224 e. The summed E-state index contributed by atoms with van der Waals surface area (Å²) in [5, 5.41) is 0. The van der Waals surface area contributed by atoms with Crippen LogP contribution >= 0.6 is 0 Å². The molecule has 1 saturated carbocycles. The van der Waals surface area contributed by atoms with Gasteiger partial charge in [-0.2, -0.15) is 0 Å². The molecule has 2 N–H and O–H groups in total. The number of amides is 1. The second-order valence-electron chi connectivity index (χ2n) is 6.49. The lowest BCUT2D eigenvalue weighted by molar-refractivity contribution is -0.132. The number of hydrogen-bond donors (Lipinski definition) is 1. The zero-order chi connectivity index (χ0) is 14.9. The van der Waals surface area contributed by atoms with E-state index in [0.717, 1.165) is 44.5 Å². The summed E-state index contributed by atoms with van der Waals surface area (Å²) in [7, 11) is 1.67. The van der Waals surface area contributed by atoms with Crippen molar-refractivity contribution in [2.24, 2.45) is 5.73 Å². The quantitative estimate of drug-likeness (QED) is 0.925. The minimum absolute atomic E-state index is 0.213. The van der Waals surface area contributed by atoms with E-state index in [0.29, 0.717) is 12.3 Å². The fourth-order valence-electron chi connectivity index (χ4n) is 3.36. The lowest BCUT2D eigenvalue weighted by Gasteiger charge is -2.38. The van der Waals surface area contributed by atoms with Gasteiger partial charge in [-0.05, 0) is 43.4 Å². The lowest BCUT2D eigenvalue weighted by atomic mass is 9.75. The third-order valence-electron chi connectivity index (χ3n) is 4.98. The van der Waals surface area contributed by atoms with Crippen molar-refractivity contribution in [3.05, 3.63) is 29.8 Å². The second kappa shape index (κ2) is 5.68. The topological polar surface area (TPSA) is 55.6 Å². The Morgan fingerprint density at radius 3 is 2.67 bits per heavy atom. The van der Waals surface area contributed by atoms with Crippen LogP contribution in [0.4, 0.5) is 0 Å². The molecule has 1 aromatic carbocycles. The molecule has 0 radical (unpaired) electrons. The zero-order valence-electron chi connectivity index (χ0n) is 12.7. The van der Waals surface area contributed by atoms with Gasteiger partial charge in [-0.3, -0.25) is 4.79 Å². The van der Waals surface area contributed by atoms with Gasteiger partial charge in [0.2, 0.25) is 5.91 Å². The van der Waals surface area contributed by atoms with Crippen molar-refractivity contribution < 1.29 is 9.53 Å². The first-order valence-electron chi connectivity index (χ1n) is 7.80. The molecule has 114 valence electrons. The van der Waals surface area contributed by atoms with Crippen LogP contribution in [0.5, 0.6) is 5.75 Å². The maximum atomic E-state index is 12.4. The molecule has 0 spiro atoms. The first kappa shape index (κ1) is 14.4. The van der Waals surface area contributed by atoms with Gasteiger partial charge in [0.25, 0.3) is 0 Å². The maximum Gasteiger partial charge on any atom is 0.224 e. The summed E-state index contributed by atoms with van der Waals surface area (Å²) < 4.78 is 5.19.